The quantitative estimate of drug-likeness (QED) is 0.922. The van der Waals surface area contributed by atoms with Gasteiger partial charge in [-0.15, -0.1) is 0 Å². The van der Waals surface area contributed by atoms with Crippen molar-refractivity contribution in [3.63, 3.8) is 0 Å². The van der Waals surface area contributed by atoms with Gasteiger partial charge in [0, 0.05) is 37.9 Å². The molecule has 1 saturated carbocycles. The van der Waals surface area contributed by atoms with Crippen LogP contribution in [0.15, 0.2) is 12.1 Å². The largest absolute Gasteiger partial charge is 0.324 e. The number of nitrogens with one attached hydrogen (secondary N) is 1. The van der Waals surface area contributed by atoms with Crippen LogP contribution in [0, 0.1) is 20.8 Å². The van der Waals surface area contributed by atoms with Gasteiger partial charge in [-0.05, 0) is 44.7 Å². The number of hydrogen-bond donors (Lipinski definition) is 1. The number of hydrogen-bond acceptors (Lipinski definition) is 3. The zero-order valence-electron chi connectivity index (χ0n) is 15.4. The number of carbonyl (C=O) groups excluding carboxylic acids is 1. The van der Waals surface area contributed by atoms with Gasteiger partial charge in [-0.2, -0.15) is 0 Å². The first kappa shape index (κ1) is 17.4. The normalized spacial score (nSPS) is 20.5. The zero-order valence-corrected chi connectivity index (χ0v) is 15.4. The number of carbonyl (C=O) groups is 1. The van der Waals surface area contributed by atoms with Crippen molar-refractivity contribution in [1.82, 2.24) is 9.80 Å². The Kier molecular flexibility index (Phi) is 5.57. The minimum absolute atomic E-state index is 0.111. The summed E-state index contributed by atoms with van der Waals surface area (Å²) in [6.07, 6.45) is 5.52. The molecule has 24 heavy (non-hydrogen) atoms. The number of piperazine rings is 1. The van der Waals surface area contributed by atoms with Crippen LogP contribution in [0.1, 0.15) is 42.4 Å². The molecule has 0 unspecified atom stereocenters. The van der Waals surface area contributed by atoms with Crippen LogP contribution in [0.25, 0.3) is 0 Å². The maximum Gasteiger partial charge on any atom is 0.238 e. The molecule has 1 saturated heterocycles. The van der Waals surface area contributed by atoms with E-state index in [9.17, 15) is 4.79 Å². The van der Waals surface area contributed by atoms with Crippen LogP contribution in [0.2, 0.25) is 0 Å². The van der Waals surface area contributed by atoms with Gasteiger partial charge in [-0.3, -0.25) is 14.6 Å². The fourth-order valence-corrected chi connectivity index (χ4v) is 4.32. The Hall–Kier alpha value is -1.39. The zero-order chi connectivity index (χ0) is 17.1. The average Bonchev–Trinajstić information content (AvgIpc) is 3.06. The minimum Gasteiger partial charge on any atom is -0.324 e. The third-order valence-electron chi connectivity index (χ3n) is 5.56. The third kappa shape index (κ3) is 4.17. The van der Waals surface area contributed by atoms with Crippen LogP contribution in [-0.2, 0) is 4.79 Å². The smallest absolute Gasteiger partial charge is 0.238 e. The molecule has 0 spiro atoms. The number of nitrogens with zero attached hydrogens (tertiary/aromatic N) is 2. The van der Waals surface area contributed by atoms with Gasteiger partial charge in [-0.1, -0.05) is 30.5 Å². The van der Waals surface area contributed by atoms with Crippen molar-refractivity contribution in [3.05, 3.63) is 28.8 Å². The van der Waals surface area contributed by atoms with Crippen molar-refractivity contribution in [3.8, 4) is 0 Å². The highest BCUT2D eigenvalue weighted by Gasteiger charge is 2.26. The first-order chi connectivity index (χ1) is 11.5. The van der Waals surface area contributed by atoms with E-state index in [-0.39, 0.29) is 5.91 Å². The molecule has 1 aromatic rings. The number of rotatable bonds is 4. The average molecular weight is 329 g/mol. The summed E-state index contributed by atoms with van der Waals surface area (Å²) in [6, 6.07) is 5.06. The predicted molar refractivity (Wildman–Crippen MR) is 99.6 cm³/mol. The molecule has 2 aliphatic rings. The lowest BCUT2D eigenvalue weighted by Crippen LogP contribution is -2.51. The molecule has 1 N–H and O–H groups in total. The Bertz CT molecular complexity index is 562. The number of amides is 1. The van der Waals surface area contributed by atoms with Gasteiger partial charge in [0.1, 0.15) is 0 Å². The highest BCUT2D eigenvalue weighted by atomic mass is 16.2. The van der Waals surface area contributed by atoms with E-state index in [0.29, 0.717) is 6.54 Å². The van der Waals surface area contributed by atoms with E-state index in [1.807, 2.05) is 0 Å². The van der Waals surface area contributed by atoms with Gasteiger partial charge < -0.3 is 5.32 Å². The molecule has 1 aliphatic carbocycles. The van der Waals surface area contributed by atoms with Crippen molar-refractivity contribution < 1.29 is 4.79 Å². The van der Waals surface area contributed by atoms with Crippen LogP contribution < -0.4 is 5.32 Å². The highest BCUT2D eigenvalue weighted by molar-refractivity contribution is 5.93. The molecule has 3 rings (SSSR count). The van der Waals surface area contributed by atoms with Crippen LogP contribution >= 0.6 is 0 Å². The first-order valence-electron chi connectivity index (χ1n) is 9.37. The molecule has 1 aromatic carbocycles. The van der Waals surface area contributed by atoms with Gasteiger partial charge in [0.25, 0.3) is 0 Å². The molecular weight excluding hydrogens is 298 g/mol. The molecule has 0 bridgehead atoms. The first-order valence-corrected chi connectivity index (χ1v) is 9.37. The second kappa shape index (κ2) is 7.66. The Labute approximate surface area is 146 Å². The van der Waals surface area contributed by atoms with Gasteiger partial charge in [0.2, 0.25) is 5.91 Å². The number of benzene rings is 1. The van der Waals surface area contributed by atoms with Crippen molar-refractivity contribution in [2.24, 2.45) is 0 Å². The van der Waals surface area contributed by atoms with E-state index in [0.717, 1.165) is 49.0 Å². The summed E-state index contributed by atoms with van der Waals surface area (Å²) in [5, 5.41) is 3.13. The molecule has 0 aromatic heterocycles. The van der Waals surface area contributed by atoms with Gasteiger partial charge in [0.05, 0.1) is 6.54 Å². The third-order valence-corrected chi connectivity index (χ3v) is 5.56. The highest BCUT2D eigenvalue weighted by Crippen LogP contribution is 2.24. The standard InChI is InChI=1S/C20H31N3O/c1-15-12-16(2)20(17(3)13-15)21-19(24)14-22-8-10-23(11-9-22)18-6-4-5-7-18/h12-13,18H,4-11,14H2,1-3H3,(H,21,24). The molecule has 1 amide bonds. The van der Waals surface area contributed by atoms with Crippen molar-refractivity contribution in [2.45, 2.75) is 52.5 Å². The Morgan fingerprint density at radius 3 is 2.21 bits per heavy atom. The summed E-state index contributed by atoms with van der Waals surface area (Å²) in [5.74, 6) is 0.111. The van der Waals surface area contributed by atoms with E-state index < -0.39 is 0 Å². The van der Waals surface area contributed by atoms with Crippen LogP contribution in [0.5, 0.6) is 0 Å². The van der Waals surface area contributed by atoms with Crippen molar-refractivity contribution in [2.75, 3.05) is 38.0 Å². The van der Waals surface area contributed by atoms with E-state index in [4.69, 9.17) is 0 Å². The maximum atomic E-state index is 12.4. The molecule has 2 fully saturated rings. The Morgan fingerprint density at radius 1 is 1.04 bits per heavy atom. The van der Waals surface area contributed by atoms with Crippen LogP contribution in [0.4, 0.5) is 5.69 Å². The summed E-state index contributed by atoms with van der Waals surface area (Å²) in [7, 11) is 0. The fourth-order valence-electron chi connectivity index (χ4n) is 4.32. The maximum absolute atomic E-state index is 12.4. The summed E-state index contributed by atoms with van der Waals surface area (Å²) in [5.41, 5.74) is 4.51. The Morgan fingerprint density at radius 2 is 1.62 bits per heavy atom. The number of anilines is 1. The Balaban J connectivity index is 1.49. The monoisotopic (exact) mass is 329 g/mol. The summed E-state index contributed by atoms with van der Waals surface area (Å²) >= 11 is 0. The summed E-state index contributed by atoms with van der Waals surface area (Å²) in [6.45, 7) is 11.0. The van der Waals surface area contributed by atoms with Crippen molar-refractivity contribution >= 4 is 11.6 Å². The van der Waals surface area contributed by atoms with E-state index >= 15 is 0 Å². The molecule has 1 heterocycles. The van der Waals surface area contributed by atoms with Gasteiger partial charge in [0.15, 0.2) is 0 Å². The summed E-state index contributed by atoms with van der Waals surface area (Å²) < 4.78 is 0. The molecule has 4 heteroatoms. The van der Waals surface area contributed by atoms with Crippen LogP contribution in [-0.4, -0.2) is 54.5 Å². The molecule has 132 valence electrons. The lowest BCUT2D eigenvalue weighted by molar-refractivity contribution is -0.117. The number of aryl methyl sites for hydroxylation is 3. The fraction of sp³-hybridized carbons (Fsp3) is 0.650. The van der Waals surface area contributed by atoms with Gasteiger partial charge in [-0.25, -0.2) is 0 Å². The molecule has 1 aliphatic heterocycles. The molecule has 4 nitrogen and oxygen atoms in total. The minimum atomic E-state index is 0.111. The van der Waals surface area contributed by atoms with Crippen LogP contribution in [0.3, 0.4) is 0 Å². The van der Waals surface area contributed by atoms with Gasteiger partial charge >= 0.3 is 0 Å². The topological polar surface area (TPSA) is 35.6 Å². The molecular formula is C20H31N3O. The lowest BCUT2D eigenvalue weighted by Gasteiger charge is -2.37. The SMILES string of the molecule is Cc1cc(C)c(NC(=O)CN2CCN(C3CCCC3)CC2)c(C)c1. The summed E-state index contributed by atoms with van der Waals surface area (Å²) in [4.78, 5) is 17.4. The van der Waals surface area contributed by atoms with E-state index in [2.05, 4.69) is 48.0 Å². The van der Waals surface area contributed by atoms with E-state index in [1.165, 1.54) is 31.2 Å². The van der Waals surface area contributed by atoms with Crippen molar-refractivity contribution in [1.29, 1.82) is 0 Å². The second-order valence-electron chi connectivity index (χ2n) is 7.57. The van der Waals surface area contributed by atoms with E-state index in [1.54, 1.807) is 0 Å². The second-order valence-corrected chi connectivity index (χ2v) is 7.57. The molecule has 0 radical (unpaired) electrons. The predicted octanol–water partition coefficient (Wildman–Crippen LogP) is 3.11. The molecule has 0 atom stereocenters. The lowest BCUT2D eigenvalue weighted by atomic mass is 10.1.